The third-order valence-electron chi connectivity index (χ3n) is 3.50. The summed E-state index contributed by atoms with van der Waals surface area (Å²) in [4.78, 5) is 12.1. The molecule has 0 heterocycles. The Morgan fingerprint density at radius 2 is 2.11 bits per heavy atom. The molecule has 0 saturated heterocycles. The fourth-order valence-corrected chi connectivity index (χ4v) is 2.82. The topological polar surface area (TPSA) is 74.1 Å². The van der Waals surface area contributed by atoms with E-state index in [1.807, 2.05) is 6.92 Å². The van der Waals surface area contributed by atoms with Crippen LogP contribution in [0, 0.1) is 11.8 Å². The number of ketones is 1. The van der Waals surface area contributed by atoms with Gasteiger partial charge >= 0.3 is 0 Å². The Bertz CT molecular complexity index is 431. The van der Waals surface area contributed by atoms with Gasteiger partial charge in [0, 0.05) is 18.4 Å². The summed E-state index contributed by atoms with van der Waals surface area (Å²) in [6, 6.07) is 0. The molecule has 0 bridgehead atoms. The molecule has 1 fully saturated rings. The van der Waals surface area contributed by atoms with E-state index in [0.717, 1.165) is 25.7 Å². The lowest BCUT2D eigenvalue weighted by Gasteiger charge is -2.23. The fraction of sp³-hybridized carbons (Fsp3) is 0.667. The average molecular weight is 267 g/mol. The van der Waals surface area contributed by atoms with Gasteiger partial charge in [-0.1, -0.05) is 12.8 Å². The van der Waals surface area contributed by atoms with Crippen LogP contribution >= 0.6 is 12.2 Å². The monoisotopic (exact) mass is 267 g/mol. The highest BCUT2D eigenvalue weighted by atomic mass is 32.1. The molecule has 0 radical (unpaired) electrons. The number of Topliss-reactive ketones (excluding diaryl/α,β-unsaturated/α-hetero) is 1. The molecule has 2 unspecified atom stereocenters. The van der Waals surface area contributed by atoms with Crippen molar-refractivity contribution in [2.45, 2.75) is 32.6 Å². The summed E-state index contributed by atoms with van der Waals surface area (Å²) in [6.07, 6.45) is 3.79. The number of hydrogen-bond acceptors (Lipinski definition) is 4. The number of carbonyl (C=O) groups excluding carboxylic acids is 1. The Hall–Kier alpha value is -1.30. The maximum atomic E-state index is 12.1. The normalized spacial score (nSPS) is 27.7. The van der Waals surface area contributed by atoms with E-state index in [0.29, 0.717) is 6.54 Å². The highest BCUT2D eigenvalue weighted by Gasteiger charge is 2.43. The average Bonchev–Trinajstić information content (AvgIpc) is 2.61. The first-order valence-corrected chi connectivity index (χ1v) is 6.73. The number of fused-ring (bicyclic) bond motifs is 1. The van der Waals surface area contributed by atoms with Gasteiger partial charge in [0.15, 0.2) is 11.5 Å². The summed E-state index contributed by atoms with van der Waals surface area (Å²) < 4.78 is 0. The molecule has 2 aliphatic rings. The first kappa shape index (κ1) is 13.1. The third-order valence-corrected chi connectivity index (χ3v) is 3.72. The van der Waals surface area contributed by atoms with Crippen molar-refractivity contribution >= 4 is 23.1 Å². The van der Waals surface area contributed by atoms with Crippen LogP contribution in [-0.4, -0.2) is 22.5 Å². The van der Waals surface area contributed by atoms with Crippen molar-refractivity contribution in [3.05, 3.63) is 11.5 Å². The van der Waals surface area contributed by atoms with Gasteiger partial charge in [-0.25, -0.2) is 0 Å². The number of rotatable bonds is 2. The smallest absolute Gasteiger partial charge is 0.213 e. The van der Waals surface area contributed by atoms with Crippen molar-refractivity contribution < 1.29 is 9.90 Å². The van der Waals surface area contributed by atoms with E-state index in [2.05, 4.69) is 15.5 Å². The zero-order chi connectivity index (χ0) is 13.1. The molecule has 5 nitrogen and oxygen atoms in total. The minimum atomic E-state index is -0.0968. The molecule has 1 saturated carbocycles. The van der Waals surface area contributed by atoms with Gasteiger partial charge in [0.25, 0.3) is 0 Å². The number of aliphatic hydroxyl groups excluding tert-OH is 1. The zero-order valence-corrected chi connectivity index (χ0v) is 11.2. The first-order chi connectivity index (χ1) is 8.65. The van der Waals surface area contributed by atoms with Gasteiger partial charge in [-0.2, -0.15) is 0 Å². The van der Waals surface area contributed by atoms with Crippen LogP contribution < -0.4 is 5.32 Å². The van der Waals surface area contributed by atoms with E-state index in [1.165, 1.54) is 0 Å². The molecule has 2 rings (SSSR count). The summed E-state index contributed by atoms with van der Waals surface area (Å²) in [5.74, 6) is -0.124. The highest BCUT2D eigenvalue weighted by Crippen LogP contribution is 2.42. The van der Waals surface area contributed by atoms with Crippen LogP contribution in [0.3, 0.4) is 0 Å². The maximum Gasteiger partial charge on any atom is 0.213 e. The number of thiocarbonyl (C=S) groups is 1. The molecule has 0 amide bonds. The van der Waals surface area contributed by atoms with Crippen LogP contribution in [0.1, 0.15) is 32.6 Å². The summed E-state index contributed by atoms with van der Waals surface area (Å²) >= 11 is 4.91. The molecule has 98 valence electrons. The zero-order valence-electron chi connectivity index (χ0n) is 10.3. The van der Waals surface area contributed by atoms with Crippen LogP contribution in [0.15, 0.2) is 21.7 Å². The largest absolute Gasteiger partial charge is 0.510 e. The molecular weight excluding hydrogens is 250 g/mol. The molecule has 0 aliphatic heterocycles. The van der Waals surface area contributed by atoms with Crippen molar-refractivity contribution in [3.63, 3.8) is 0 Å². The van der Waals surface area contributed by atoms with Crippen LogP contribution in [-0.2, 0) is 4.79 Å². The first-order valence-electron chi connectivity index (χ1n) is 6.32. The quantitative estimate of drug-likeness (QED) is 0.595. The van der Waals surface area contributed by atoms with Crippen molar-refractivity contribution in [2.24, 2.45) is 22.1 Å². The number of azo groups is 1. The minimum absolute atomic E-state index is 0.0482. The number of aliphatic hydroxyl groups is 1. The lowest BCUT2D eigenvalue weighted by molar-refractivity contribution is -0.120. The highest BCUT2D eigenvalue weighted by molar-refractivity contribution is 7.80. The molecular formula is C12H17N3O2S. The van der Waals surface area contributed by atoms with Gasteiger partial charge in [-0.05, 0) is 32.0 Å². The van der Waals surface area contributed by atoms with Crippen molar-refractivity contribution in [1.82, 2.24) is 5.32 Å². The van der Waals surface area contributed by atoms with Crippen LogP contribution in [0.5, 0.6) is 0 Å². The predicted molar refractivity (Wildman–Crippen MR) is 71.2 cm³/mol. The Kier molecular flexibility index (Phi) is 4.06. The van der Waals surface area contributed by atoms with E-state index in [1.54, 1.807) is 0 Å². The summed E-state index contributed by atoms with van der Waals surface area (Å²) in [5, 5.41) is 20.7. The second-order valence-corrected chi connectivity index (χ2v) is 5.02. The molecule has 0 aromatic heterocycles. The van der Waals surface area contributed by atoms with E-state index in [4.69, 9.17) is 12.2 Å². The second kappa shape index (κ2) is 5.56. The predicted octanol–water partition coefficient (Wildman–Crippen LogP) is 2.49. The Labute approximate surface area is 111 Å². The molecule has 0 spiro atoms. The molecule has 2 atom stereocenters. The van der Waals surface area contributed by atoms with Gasteiger partial charge in [0.1, 0.15) is 5.76 Å². The van der Waals surface area contributed by atoms with E-state index in [9.17, 15) is 9.90 Å². The number of carbonyl (C=O) groups is 1. The minimum Gasteiger partial charge on any atom is -0.510 e. The van der Waals surface area contributed by atoms with Crippen LogP contribution in [0.25, 0.3) is 0 Å². The molecule has 0 aromatic carbocycles. The number of nitrogens with one attached hydrogen (secondary N) is 1. The van der Waals surface area contributed by atoms with Crippen molar-refractivity contribution in [2.75, 3.05) is 6.54 Å². The molecule has 6 heteroatoms. The number of hydrogen-bond donors (Lipinski definition) is 2. The number of allylic oxidation sites excluding steroid dienone is 2. The van der Waals surface area contributed by atoms with E-state index < -0.39 is 0 Å². The van der Waals surface area contributed by atoms with Crippen molar-refractivity contribution in [1.29, 1.82) is 0 Å². The van der Waals surface area contributed by atoms with Gasteiger partial charge in [-0.15, -0.1) is 10.2 Å². The Morgan fingerprint density at radius 3 is 2.72 bits per heavy atom. The number of nitrogens with zero attached hydrogens (tertiary/aromatic N) is 2. The molecule has 18 heavy (non-hydrogen) atoms. The van der Waals surface area contributed by atoms with Gasteiger partial charge in [0.05, 0.1) is 0 Å². The van der Waals surface area contributed by atoms with E-state index >= 15 is 0 Å². The third kappa shape index (κ3) is 2.43. The lowest BCUT2D eigenvalue weighted by atomic mass is 9.80. The van der Waals surface area contributed by atoms with Crippen molar-refractivity contribution in [3.8, 4) is 0 Å². The Balaban J connectivity index is 2.14. The van der Waals surface area contributed by atoms with Gasteiger partial charge in [0.2, 0.25) is 5.11 Å². The molecule has 0 aromatic rings. The molecule has 2 N–H and O–H groups in total. The summed E-state index contributed by atoms with van der Waals surface area (Å²) in [7, 11) is 0. The van der Waals surface area contributed by atoms with E-state index in [-0.39, 0.29) is 34.2 Å². The molecule has 2 aliphatic carbocycles. The van der Waals surface area contributed by atoms with Gasteiger partial charge in [-0.3, -0.25) is 4.79 Å². The van der Waals surface area contributed by atoms with Crippen LogP contribution in [0.2, 0.25) is 0 Å². The Morgan fingerprint density at radius 1 is 1.44 bits per heavy atom. The SMILES string of the molecule is CCNC(=S)N=NC1=C(O)C2CCCCC2C1=O. The second-order valence-electron chi connectivity index (χ2n) is 4.63. The standard InChI is InChI=1S/C12H17N3O2S/c1-2-13-12(18)15-14-9-10(16)7-5-3-4-6-8(7)11(9)17/h7-8,16H,2-6H2,1H3,(H,13,18). The van der Waals surface area contributed by atoms with Crippen LogP contribution in [0.4, 0.5) is 0 Å². The summed E-state index contributed by atoms with van der Waals surface area (Å²) in [6.45, 7) is 2.55. The summed E-state index contributed by atoms with van der Waals surface area (Å²) in [5.41, 5.74) is 0.104. The fourth-order valence-electron chi connectivity index (χ4n) is 2.63. The lowest BCUT2D eigenvalue weighted by Crippen LogP contribution is -2.21. The van der Waals surface area contributed by atoms with Gasteiger partial charge < -0.3 is 10.4 Å². The maximum absolute atomic E-state index is 12.1.